The zero-order valence-electron chi connectivity index (χ0n) is 48.1. The minimum atomic E-state index is -1.32. The number of aromatic amines is 1. The van der Waals surface area contributed by atoms with E-state index in [1.54, 1.807) is 44.3 Å². The molecule has 1 saturated heterocycles. The summed E-state index contributed by atoms with van der Waals surface area (Å²) in [6.45, 7) is 8.63. The van der Waals surface area contributed by atoms with Gasteiger partial charge in [0.15, 0.2) is 0 Å². The van der Waals surface area contributed by atoms with Crippen LogP contribution in [0.4, 0.5) is 0 Å². The molecule has 4 aromatic carbocycles. The SMILES string of the molecule is CC(C)Cn1cc(C[C@H]2NC(=O)[C@H](Cc3ccccc3)NC(=O)[C@@H](NC(=O)[C@H](N)Cc3ccccc3)CSSC[C@@H](C(=O)N[C@@H](CC(N)=O)Cc3c[nH]c4ccccc34)NC(=O)[C@H](C(C)C)NC(=O)[C@H](CCCCN)NC2=O)c2ccccc21. The van der Waals surface area contributed by atoms with Crippen LogP contribution in [0.1, 0.15) is 75.6 Å². The van der Waals surface area contributed by atoms with Gasteiger partial charge in [-0.1, -0.05) is 146 Å². The lowest BCUT2D eigenvalue weighted by molar-refractivity contribution is -0.136. The first-order valence-electron chi connectivity index (χ1n) is 28.7. The van der Waals surface area contributed by atoms with Gasteiger partial charge in [0.2, 0.25) is 47.3 Å². The van der Waals surface area contributed by atoms with E-state index in [0.29, 0.717) is 31.5 Å². The molecule has 3 heterocycles. The number of carbonyl (C=O) groups is 8. The van der Waals surface area contributed by atoms with Crippen molar-refractivity contribution in [2.24, 2.45) is 29.0 Å². The molecule has 7 rings (SSSR count). The molecular formula is C62H80N12O8S2. The molecule has 1 fully saturated rings. The summed E-state index contributed by atoms with van der Waals surface area (Å²) in [4.78, 5) is 119. The van der Waals surface area contributed by atoms with E-state index in [1.807, 2.05) is 91.1 Å². The molecule has 0 radical (unpaired) electrons. The van der Waals surface area contributed by atoms with E-state index in [4.69, 9.17) is 17.2 Å². The summed E-state index contributed by atoms with van der Waals surface area (Å²) >= 11 is 0. The number of hydrogen-bond acceptors (Lipinski definition) is 12. The predicted octanol–water partition coefficient (Wildman–Crippen LogP) is 3.83. The van der Waals surface area contributed by atoms with Crippen molar-refractivity contribution in [3.8, 4) is 0 Å². The van der Waals surface area contributed by atoms with Crippen LogP contribution in [0.3, 0.4) is 0 Å². The lowest BCUT2D eigenvalue weighted by Gasteiger charge is -2.29. The number of H-pyrrole nitrogens is 1. The van der Waals surface area contributed by atoms with Crippen LogP contribution in [0.2, 0.25) is 0 Å². The predicted molar refractivity (Wildman–Crippen MR) is 331 cm³/mol. The summed E-state index contributed by atoms with van der Waals surface area (Å²) < 4.78 is 2.11. The monoisotopic (exact) mass is 1180 g/mol. The van der Waals surface area contributed by atoms with Crippen molar-refractivity contribution in [3.05, 3.63) is 144 Å². The van der Waals surface area contributed by atoms with Gasteiger partial charge in [0.05, 0.1) is 6.04 Å². The Bertz CT molecular complexity index is 3210. The number of primary amides is 1. The van der Waals surface area contributed by atoms with E-state index >= 15 is 9.59 Å². The zero-order valence-corrected chi connectivity index (χ0v) is 49.7. The Morgan fingerprint density at radius 3 is 1.94 bits per heavy atom. The van der Waals surface area contributed by atoms with Crippen LogP contribution in [-0.4, -0.2) is 123 Å². The minimum Gasteiger partial charge on any atom is -0.370 e. The number of fused-ring (bicyclic) bond motifs is 2. The third-order valence-electron chi connectivity index (χ3n) is 14.6. The molecule has 1 aliphatic rings. The quantitative estimate of drug-likeness (QED) is 0.0362. The molecule has 0 aliphatic carbocycles. The van der Waals surface area contributed by atoms with Gasteiger partial charge in [-0.05, 0) is 84.9 Å². The maximum atomic E-state index is 15.1. The fourth-order valence-electron chi connectivity index (χ4n) is 10.3. The Morgan fingerprint density at radius 1 is 0.655 bits per heavy atom. The smallest absolute Gasteiger partial charge is 0.244 e. The van der Waals surface area contributed by atoms with Crippen LogP contribution in [0.15, 0.2) is 122 Å². The highest BCUT2D eigenvalue weighted by atomic mass is 33.1. The largest absolute Gasteiger partial charge is 0.370 e. The zero-order chi connectivity index (χ0) is 60.3. The Kier molecular flexibility index (Phi) is 23.8. The molecule has 448 valence electrons. The van der Waals surface area contributed by atoms with Crippen molar-refractivity contribution >= 4 is 90.7 Å². The molecule has 0 bridgehead atoms. The summed E-state index contributed by atoms with van der Waals surface area (Å²) in [6.07, 6.45) is 4.87. The number of hydrogen-bond donors (Lipinski definition) is 11. The molecule has 2 aromatic heterocycles. The summed E-state index contributed by atoms with van der Waals surface area (Å²) in [5.41, 5.74) is 23.0. The van der Waals surface area contributed by atoms with Gasteiger partial charge in [0.25, 0.3) is 0 Å². The van der Waals surface area contributed by atoms with Crippen LogP contribution in [0.5, 0.6) is 0 Å². The van der Waals surface area contributed by atoms with Crippen molar-refractivity contribution in [2.45, 2.75) is 134 Å². The van der Waals surface area contributed by atoms with Crippen LogP contribution in [0, 0.1) is 11.8 Å². The van der Waals surface area contributed by atoms with Crippen molar-refractivity contribution in [3.63, 3.8) is 0 Å². The average Bonchev–Trinajstić information content (AvgIpc) is 4.22. The van der Waals surface area contributed by atoms with Gasteiger partial charge in [0, 0.05) is 77.6 Å². The molecule has 8 amide bonds. The summed E-state index contributed by atoms with van der Waals surface area (Å²) in [5, 5.41) is 22.0. The van der Waals surface area contributed by atoms with Crippen LogP contribution in [0.25, 0.3) is 21.8 Å². The highest BCUT2D eigenvalue weighted by Gasteiger charge is 2.36. The second-order valence-electron chi connectivity index (χ2n) is 22.2. The first-order chi connectivity index (χ1) is 40.4. The van der Waals surface area contributed by atoms with Crippen LogP contribution >= 0.6 is 21.6 Å². The molecule has 1 aliphatic heterocycles. The third-order valence-corrected chi connectivity index (χ3v) is 17.0. The molecule has 14 N–H and O–H groups in total. The van der Waals surface area contributed by atoms with Crippen molar-refractivity contribution in [1.82, 2.24) is 46.8 Å². The molecule has 84 heavy (non-hydrogen) atoms. The molecule has 8 atom stereocenters. The topological polar surface area (TPSA) is 320 Å². The van der Waals surface area contributed by atoms with E-state index in [0.717, 1.165) is 60.1 Å². The normalized spacial score (nSPS) is 20.5. The lowest BCUT2D eigenvalue weighted by atomic mass is 9.99. The second kappa shape index (κ2) is 31.3. The molecule has 6 aromatic rings. The van der Waals surface area contributed by atoms with Gasteiger partial charge in [0.1, 0.15) is 36.3 Å². The molecule has 20 nitrogen and oxygen atoms in total. The Morgan fingerprint density at radius 2 is 1.26 bits per heavy atom. The average molecular weight is 1190 g/mol. The summed E-state index contributed by atoms with van der Waals surface area (Å²) in [6, 6.07) is 23.9. The van der Waals surface area contributed by atoms with E-state index in [2.05, 4.69) is 60.6 Å². The number of nitrogens with one attached hydrogen (secondary N) is 8. The molecule has 0 spiro atoms. The molecule has 0 saturated carbocycles. The highest BCUT2D eigenvalue weighted by Crippen LogP contribution is 2.27. The number of rotatable bonds is 21. The van der Waals surface area contributed by atoms with Crippen molar-refractivity contribution < 1.29 is 38.4 Å². The maximum absolute atomic E-state index is 15.1. The van der Waals surface area contributed by atoms with Gasteiger partial charge in [-0.25, -0.2) is 0 Å². The molecular weight excluding hydrogens is 1100 g/mol. The maximum Gasteiger partial charge on any atom is 0.244 e. The van der Waals surface area contributed by atoms with Gasteiger partial charge < -0.3 is 64.0 Å². The standard InChI is InChI=1S/C62H80N12O8S2/c1-37(2)33-74-34-42(45-22-12-14-25-53(45)74)30-50-59(79)68-48(24-15-16-26-63)57(77)73-55(38(3)4)62(82)72-51(60(80)67-43(31-54(65)75)29-41-32-66-47-23-13-11-21-44(41)47)35-83-84-36-52(71-56(76)46(64)27-39-17-7-5-8-18-39)61(81)69-49(58(78)70-50)28-40-19-9-6-10-20-40/h5-14,17-23,25,32,34,37-38,43,46,48-52,55,66H,15-16,24,26-31,33,35-36,63-64H2,1-4H3,(H2,65,75)(H,67,80)(H,68,79)(H,69,81)(H,70,78)(H,71,76)(H,72,82)(H,73,77)/t43-,46-,48+,49+,50-,51+,52+,55+/m1/s1. The van der Waals surface area contributed by atoms with Gasteiger partial charge in [-0.15, -0.1) is 0 Å². The van der Waals surface area contributed by atoms with Crippen molar-refractivity contribution in [2.75, 3.05) is 18.1 Å². The number of nitrogens with zero attached hydrogens (tertiary/aromatic N) is 1. The van der Waals surface area contributed by atoms with E-state index < -0.39 is 102 Å². The number of amides is 8. The van der Waals surface area contributed by atoms with E-state index in [1.165, 1.54) is 0 Å². The Balaban J connectivity index is 1.27. The number of nitrogens with two attached hydrogens (primary N) is 3. The van der Waals surface area contributed by atoms with Crippen LogP contribution < -0.4 is 54.4 Å². The number of benzene rings is 4. The number of unbranched alkanes of at least 4 members (excludes halogenated alkanes) is 1. The summed E-state index contributed by atoms with van der Waals surface area (Å²) in [7, 11) is 2.24. The molecule has 0 unspecified atom stereocenters. The van der Waals surface area contributed by atoms with E-state index in [9.17, 15) is 28.8 Å². The van der Waals surface area contributed by atoms with Crippen molar-refractivity contribution in [1.29, 1.82) is 0 Å². The molecule has 22 heteroatoms. The Labute approximate surface area is 498 Å². The second-order valence-corrected chi connectivity index (χ2v) is 24.8. The fourth-order valence-corrected chi connectivity index (χ4v) is 12.6. The minimum absolute atomic E-state index is 0.0230. The fraction of sp³-hybridized carbons (Fsp3) is 0.419. The van der Waals surface area contributed by atoms with Gasteiger partial charge in [-0.2, -0.15) is 0 Å². The number of para-hydroxylation sites is 2. The first kappa shape index (κ1) is 63.9. The highest BCUT2D eigenvalue weighted by molar-refractivity contribution is 8.76. The van der Waals surface area contributed by atoms with Gasteiger partial charge in [-0.3, -0.25) is 38.4 Å². The van der Waals surface area contributed by atoms with Gasteiger partial charge >= 0.3 is 0 Å². The Hall–Kier alpha value is -7.66. The summed E-state index contributed by atoms with van der Waals surface area (Å²) in [5.74, 6) is -6.02. The number of aromatic nitrogens is 2. The van der Waals surface area contributed by atoms with E-state index in [-0.39, 0.29) is 55.9 Å². The lowest BCUT2D eigenvalue weighted by Crippen LogP contribution is -2.61. The third kappa shape index (κ3) is 18.4. The number of carbonyl (C=O) groups excluding carboxylic acids is 8. The first-order valence-corrected chi connectivity index (χ1v) is 31.2. The van der Waals surface area contributed by atoms with Crippen LogP contribution in [-0.2, 0) is 70.6 Å².